The van der Waals surface area contributed by atoms with Gasteiger partial charge in [0.25, 0.3) is 5.91 Å². The summed E-state index contributed by atoms with van der Waals surface area (Å²) in [4.78, 5) is 28.3. The molecule has 0 saturated heterocycles. The van der Waals surface area contributed by atoms with Crippen molar-refractivity contribution < 1.29 is 14.0 Å². The van der Waals surface area contributed by atoms with Crippen LogP contribution in [0.5, 0.6) is 0 Å². The van der Waals surface area contributed by atoms with E-state index in [1.807, 2.05) is 12.1 Å². The molecule has 30 heavy (non-hydrogen) atoms. The van der Waals surface area contributed by atoms with E-state index >= 15 is 0 Å². The summed E-state index contributed by atoms with van der Waals surface area (Å²) in [5.41, 5.74) is 7.50. The largest absolute Gasteiger partial charge is 0.441 e. The zero-order valence-corrected chi connectivity index (χ0v) is 18.5. The van der Waals surface area contributed by atoms with Gasteiger partial charge in [0.2, 0.25) is 5.91 Å². The summed E-state index contributed by atoms with van der Waals surface area (Å²) in [5.74, 6) is 1.06. The molecule has 1 heterocycles. The topological polar surface area (TPSA) is 84.2 Å². The molecule has 0 fully saturated rings. The highest BCUT2D eigenvalue weighted by Crippen LogP contribution is 2.22. The Bertz CT molecular complexity index is 995. The highest BCUT2D eigenvalue weighted by molar-refractivity contribution is 9.10. The van der Waals surface area contributed by atoms with Crippen molar-refractivity contribution in [1.29, 1.82) is 0 Å². The molecule has 2 N–H and O–H groups in total. The Kier molecular flexibility index (Phi) is 7.41. The summed E-state index contributed by atoms with van der Waals surface area (Å²) in [6.45, 7) is 4.39. The number of aromatic nitrogens is 1. The first-order valence-electron chi connectivity index (χ1n) is 9.79. The summed E-state index contributed by atoms with van der Waals surface area (Å²) >= 11 is 3.31. The van der Waals surface area contributed by atoms with Crippen LogP contribution in [0.4, 0.5) is 0 Å². The first-order valence-corrected chi connectivity index (χ1v) is 10.6. The van der Waals surface area contributed by atoms with Gasteiger partial charge in [-0.3, -0.25) is 20.4 Å². The number of aryl methyl sites for hydroxylation is 1. The summed E-state index contributed by atoms with van der Waals surface area (Å²) < 4.78 is 6.64. The molecular formula is C23H24BrN3O3. The number of hydrogen-bond donors (Lipinski definition) is 2. The smallest absolute Gasteiger partial charge is 0.269 e. The zero-order chi connectivity index (χ0) is 21.5. The van der Waals surface area contributed by atoms with Gasteiger partial charge in [0.1, 0.15) is 0 Å². The minimum atomic E-state index is -0.379. The quantitative estimate of drug-likeness (QED) is 0.491. The number of rotatable bonds is 7. The van der Waals surface area contributed by atoms with Gasteiger partial charge in [-0.05, 0) is 42.2 Å². The van der Waals surface area contributed by atoms with E-state index in [0.717, 1.165) is 16.5 Å². The number of amides is 2. The average Bonchev–Trinajstić information content (AvgIpc) is 3.20. The lowest BCUT2D eigenvalue weighted by molar-refractivity contribution is -0.121. The number of hydrogen-bond acceptors (Lipinski definition) is 4. The van der Waals surface area contributed by atoms with Gasteiger partial charge in [-0.1, -0.05) is 54.0 Å². The van der Waals surface area contributed by atoms with E-state index in [1.54, 1.807) is 30.5 Å². The minimum Gasteiger partial charge on any atom is -0.441 e. The van der Waals surface area contributed by atoms with Crippen LogP contribution >= 0.6 is 15.9 Å². The molecule has 1 aromatic heterocycles. The average molecular weight is 470 g/mol. The standard InChI is InChI=1S/C23H24BrN3O3/c1-15(2)13-16-3-5-17(6-4-16)20-14-25-22(30-20)12-11-21(28)26-27-23(29)18-7-9-19(24)10-8-18/h3-10,14-15H,11-13H2,1-2H3,(H,26,28)(H,27,29). The molecule has 2 aromatic carbocycles. The number of nitrogens with zero attached hydrogens (tertiary/aromatic N) is 1. The third-order valence-electron chi connectivity index (χ3n) is 4.42. The van der Waals surface area contributed by atoms with Crippen LogP contribution in [0.15, 0.2) is 63.6 Å². The van der Waals surface area contributed by atoms with Crippen LogP contribution in [-0.4, -0.2) is 16.8 Å². The Balaban J connectivity index is 1.47. The predicted molar refractivity (Wildman–Crippen MR) is 119 cm³/mol. The van der Waals surface area contributed by atoms with Gasteiger partial charge >= 0.3 is 0 Å². The summed E-state index contributed by atoms with van der Waals surface area (Å²) in [7, 11) is 0. The molecule has 0 aliphatic rings. The van der Waals surface area contributed by atoms with Crippen LogP contribution in [0.25, 0.3) is 11.3 Å². The lowest BCUT2D eigenvalue weighted by Crippen LogP contribution is -2.41. The van der Waals surface area contributed by atoms with Crippen LogP contribution in [-0.2, 0) is 17.6 Å². The molecule has 156 valence electrons. The Morgan fingerprint density at radius 2 is 1.73 bits per heavy atom. The monoisotopic (exact) mass is 469 g/mol. The van der Waals surface area contributed by atoms with Gasteiger partial charge in [0, 0.05) is 28.4 Å². The van der Waals surface area contributed by atoms with Gasteiger partial charge in [0.05, 0.1) is 6.20 Å². The highest BCUT2D eigenvalue weighted by atomic mass is 79.9. The summed E-state index contributed by atoms with van der Waals surface area (Å²) in [6, 6.07) is 15.1. The first-order chi connectivity index (χ1) is 14.4. The molecule has 2 amide bonds. The van der Waals surface area contributed by atoms with E-state index in [1.165, 1.54) is 5.56 Å². The van der Waals surface area contributed by atoms with Crippen LogP contribution in [0.2, 0.25) is 0 Å². The second-order valence-corrected chi connectivity index (χ2v) is 8.34. The maximum atomic E-state index is 12.0. The zero-order valence-electron chi connectivity index (χ0n) is 16.9. The molecule has 0 aliphatic carbocycles. The van der Waals surface area contributed by atoms with E-state index in [-0.39, 0.29) is 18.2 Å². The van der Waals surface area contributed by atoms with Crippen molar-refractivity contribution >= 4 is 27.7 Å². The maximum absolute atomic E-state index is 12.0. The third kappa shape index (κ3) is 6.29. The second kappa shape index (κ2) is 10.2. The number of nitrogens with one attached hydrogen (secondary N) is 2. The fourth-order valence-corrected chi connectivity index (χ4v) is 3.18. The van der Waals surface area contributed by atoms with Crippen LogP contribution < -0.4 is 10.9 Å². The molecule has 0 atom stereocenters. The number of halogens is 1. The van der Waals surface area contributed by atoms with Crippen molar-refractivity contribution in [3.05, 3.63) is 76.2 Å². The molecular weight excluding hydrogens is 446 g/mol. The predicted octanol–water partition coefficient (Wildman–Crippen LogP) is 4.70. The SMILES string of the molecule is CC(C)Cc1ccc(-c2cnc(CCC(=O)NNC(=O)c3ccc(Br)cc3)o2)cc1. The maximum Gasteiger partial charge on any atom is 0.269 e. The molecule has 0 radical (unpaired) electrons. The Hall–Kier alpha value is -2.93. The van der Waals surface area contributed by atoms with Crippen molar-refractivity contribution in [3.63, 3.8) is 0 Å². The van der Waals surface area contributed by atoms with E-state index in [0.29, 0.717) is 29.6 Å². The molecule has 0 bridgehead atoms. The number of carbonyl (C=O) groups is 2. The van der Waals surface area contributed by atoms with E-state index < -0.39 is 0 Å². The molecule has 0 saturated carbocycles. The van der Waals surface area contributed by atoms with Gasteiger partial charge in [-0.25, -0.2) is 4.98 Å². The molecule has 0 spiro atoms. The van der Waals surface area contributed by atoms with Crippen LogP contribution in [0.3, 0.4) is 0 Å². The number of carbonyl (C=O) groups excluding carboxylic acids is 2. The molecule has 3 rings (SSSR count). The lowest BCUT2D eigenvalue weighted by atomic mass is 10.0. The van der Waals surface area contributed by atoms with Gasteiger partial charge in [0.15, 0.2) is 11.7 Å². The second-order valence-electron chi connectivity index (χ2n) is 7.42. The molecule has 0 aliphatic heterocycles. The fraction of sp³-hybridized carbons (Fsp3) is 0.261. The third-order valence-corrected chi connectivity index (χ3v) is 4.95. The van der Waals surface area contributed by atoms with Crippen molar-refractivity contribution in [2.45, 2.75) is 33.1 Å². The summed E-state index contributed by atoms with van der Waals surface area (Å²) in [5, 5.41) is 0. The van der Waals surface area contributed by atoms with Crippen molar-refractivity contribution in [3.8, 4) is 11.3 Å². The molecule has 0 unspecified atom stereocenters. The van der Waals surface area contributed by atoms with Crippen molar-refractivity contribution in [2.75, 3.05) is 0 Å². The minimum absolute atomic E-state index is 0.147. The first kappa shape index (κ1) is 21.8. The fourth-order valence-electron chi connectivity index (χ4n) is 2.92. The Morgan fingerprint density at radius 1 is 1.03 bits per heavy atom. The van der Waals surface area contributed by atoms with Crippen LogP contribution in [0.1, 0.15) is 42.1 Å². The van der Waals surface area contributed by atoms with Crippen molar-refractivity contribution in [2.24, 2.45) is 5.92 Å². The van der Waals surface area contributed by atoms with Crippen molar-refractivity contribution in [1.82, 2.24) is 15.8 Å². The molecule has 7 heteroatoms. The van der Waals surface area contributed by atoms with E-state index in [2.05, 4.69) is 57.7 Å². The van der Waals surface area contributed by atoms with Crippen LogP contribution in [0, 0.1) is 5.92 Å². The number of oxazole rings is 1. The molecule has 3 aromatic rings. The summed E-state index contributed by atoms with van der Waals surface area (Å²) in [6.07, 6.45) is 3.19. The lowest BCUT2D eigenvalue weighted by Gasteiger charge is -2.07. The normalized spacial score (nSPS) is 10.8. The van der Waals surface area contributed by atoms with E-state index in [9.17, 15) is 9.59 Å². The van der Waals surface area contributed by atoms with Gasteiger partial charge < -0.3 is 4.42 Å². The van der Waals surface area contributed by atoms with Gasteiger partial charge in [-0.2, -0.15) is 0 Å². The Morgan fingerprint density at radius 3 is 2.40 bits per heavy atom. The Labute approximate surface area is 184 Å². The highest BCUT2D eigenvalue weighted by Gasteiger charge is 2.11. The number of benzene rings is 2. The number of hydrazine groups is 1. The van der Waals surface area contributed by atoms with E-state index in [4.69, 9.17) is 4.42 Å². The van der Waals surface area contributed by atoms with Gasteiger partial charge in [-0.15, -0.1) is 0 Å². The molecule has 6 nitrogen and oxygen atoms in total.